The lowest BCUT2D eigenvalue weighted by atomic mass is 10.0. The average molecular weight is 276 g/mol. The van der Waals surface area contributed by atoms with Gasteiger partial charge in [-0.05, 0) is 12.8 Å². The predicted octanol–water partition coefficient (Wildman–Crippen LogP) is 3.34. The summed E-state index contributed by atoms with van der Waals surface area (Å²) in [5.74, 6) is -0.482. The summed E-state index contributed by atoms with van der Waals surface area (Å²) in [7, 11) is 2.61. The van der Waals surface area contributed by atoms with Crippen LogP contribution < -0.4 is 0 Å². The summed E-state index contributed by atoms with van der Waals surface area (Å²) >= 11 is 0. The van der Waals surface area contributed by atoms with Gasteiger partial charge in [-0.1, -0.05) is 26.2 Å². The first-order chi connectivity index (χ1) is 8.66. The monoisotopic (exact) mass is 276 g/mol. The lowest BCUT2D eigenvalue weighted by Gasteiger charge is -2.43. The molecule has 1 aliphatic heterocycles. The lowest BCUT2D eigenvalue weighted by molar-refractivity contribution is -0.211. The van der Waals surface area contributed by atoms with Crippen molar-refractivity contribution in [2.24, 2.45) is 0 Å². The maximum Gasteiger partial charge on any atom is 0.502 e. The van der Waals surface area contributed by atoms with Crippen molar-refractivity contribution >= 4 is 8.80 Å². The number of hydrogen-bond donors (Lipinski definition) is 0. The standard InChI is InChI=1S/C13H28O4Si/c1-5-6-7-8-10-13(14-2)11-9-12-18(15-3,16-4)17-13/h5-12H2,1-4H3. The van der Waals surface area contributed by atoms with E-state index in [9.17, 15) is 0 Å². The third-order valence-electron chi connectivity index (χ3n) is 3.79. The highest BCUT2D eigenvalue weighted by Crippen LogP contribution is 2.38. The Bertz CT molecular complexity index is 233. The van der Waals surface area contributed by atoms with Crippen LogP contribution in [0.15, 0.2) is 0 Å². The molecule has 1 unspecified atom stereocenters. The van der Waals surface area contributed by atoms with E-state index >= 15 is 0 Å². The Morgan fingerprint density at radius 1 is 1.11 bits per heavy atom. The highest BCUT2D eigenvalue weighted by atomic mass is 28.4. The van der Waals surface area contributed by atoms with Gasteiger partial charge in [0.15, 0.2) is 5.79 Å². The number of methoxy groups -OCH3 is 1. The number of ether oxygens (including phenoxy) is 1. The van der Waals surface area contributed by atoms with Gasteiger partial charge in [-0.3, -0.25) is 0 Å². The molecule has 1 heterocycles. The van der Waals surface area contributed by atoms with Crippen LogP contribution in [0.3, 0.4) is 0 Å². The molecule has 0 spiro atoms. The van der Waals surface area contributed by atoms with E-state index in [1.807, 2.05) is 0 Å². The Morgan fingerprint density at radius 3 is 2.39 bits per heavy atom. The Labute approximate surface area is 112 Å². The van der Waals surface area contributed by atoms with Crippen LogP contribution in [-0.2, 0) is 18.0 Å². The van der Waals surface area contributed by atoms with Crippen molar-refractivity contribution in [2.45, 2.75) is 63.7 Å². The Balaban J connectivity index is 2.56. The van der Waals surface area contributed by atoms with Crippen molar-refractivity contribution in [3.8, 4) is 0 Å². The fourth-order valence-electron chi connectivity index (χ4n) is 2.57. The third-order valence-corrected chi connectivity index (χ3v) is 6.68. The van der Waals surface area contributed by atoms with Crippen LogP contribution >= 0.6 is 0 Å². The predicted molar refractivity (Wildman–Crippen MR) is 73.4 cm³/mol. The minimum Gasteiger partial charge on any atom is -0.377 e. The summed E-state index contributed by atoms with van der Waals surface area (Å²) in [4.78, 5) is 0. The Kier molecular flexibility index (Phi) is 6.80. The molecule has 1 atom stereocenters. The van der Waals surface area contributed by atoms with E-state index in [-0.39, 0.29) is 0 Å². The van der Waals surface area contributed by atoms with Gasteiger partial charge in [-0.15, -0.1) is 0 Å². The second-order valence-corrected chi connectivity index (χ2v) is 7.86. The maximum absolute atomic E-state index is 6.16. The molecule has 4 nitrogen and oxygen atoms in total. The van der Waals surface area contributed by atoms with E-state index in [4.69, 9.17) is 18.0 Å². The molecule has 5 heteroatoms. The van der Waals surface area contributed by atoms with Crippen molar-refractivity contribution in [1.29, 1.82) is 0 Å². The van der Waals surface area contributed by atoms with Crippen molar-refractivity contribution in [1.82, 2.24) is 0 Å². The molecule has 1 saturated heterocycles. The van der Waals surface area contributed by atoms with Gasteiger partial charge in [-0.2, -0.15) is 0 Å². The topological polar surface area (TPSA) is 36.9 Å². The Hall–Kier alpha value is 0.0569. The third kappa shape index (κ3) is 4.03. The zero-order chi connectivity index (χ0) is 13.5. The summed E-state index contributed by atoms with van der Waals surface area (Å²) < 4.78 is 22.9. The molecule has 0 saturated carbocycles. The molecule has 18 heavy (non-hydrogen) atoms. The summed E-state index contributed by atoms with van der Waals surface area (Å²) in [6.45, 7) is 2.22. The van der Waals surface area contributed by atoms with Gasteiger partial charge in [-0.25, -0.2) is 0 Å². The highest BCUT2D eigenvalue weighted by molar-refractivity contribution is 6.60. The highest BCUT2D eigenvalue weighted by Gasteiger charge is 2.51. The largest absolute Gasteiger partial charge is 0.502 e. The molecule has 0 aromatic carbocycles. The van der Waals surface area contributed by atoms with Gasteiger partial charge in [0.1, 0.15) is 0 Å². The van der Waals surface area contributed by atoms with Crippen LogP contribution in [0.2, 0.25) is 6.04 Å². The second-order valence-electron chi connectivity index (χ2n) is 4.97. The first kappa shape index (κ1) is 16.1. The molecule has 1 fully saturated rings. The van der Waals surface area contributed by atoms with Gasteiger partial charge in [0.2, 0.25) is 0 Å². The summed E-state index contributed by atoms with van der Waals surface area (Å²) in [5, 5.41) is 0. The van der Waals surface area contributed by atoms with E-state index in [2.05, 4.69) is 6.92 Å². The van der Waals surface area contributed by atoms with Crippen LogP contribution in [0.4, 0.5) is 0 Å². The normalized spacial score (nSPS) is 27.3. The van der Waals surface area contributed by atoms with Crippen molar-refractivity contribution in [2.75, 3.05) is 21.3 Å². The fraction of sp³-hybridized carbons (Fsp3) is 1.00. The zero-order valence-corrected chi connectivity index (χ0v) is 13.3. The van der Waals surface area contributed by atoms with Gasteiger partial charge >= 0.3 is 8.80 Å². The van der Waals surface area contributed by atoms with Crippen molar-refractivity contribution in [3.05, 3.63) is 0 Å². The first-order valence-corrected chi connectivity index (χ1v) is 8.94. The van der Waals surface area contributed by atoms with E-state index < -0.39 is 14.6 Å². The number of unbranched alkanes of at least 4 members (excludes halogenated alkanes) is 3. The SMILES string of the molecule is CCCCCCC1(OC)CCC[Si](OC)(OC)O1. The molecule has 0 aromatic heterocycles. The summed E-state index contributed by atoms with van der Waals surface area (Å²) in [5.41, 5.74) is 0. The first-order valence-electron chi connectivity index (χ1n) is 7.01. The maximum atomic E-state index is 6.16. The average Bonchev–Trinajstić information content (AvgIpc) is 2.44. The minimum atomic E-state index is -2.48. The van der Waals surface area contributed by atoms with Crippen molar-refractivity contribution < 1.29 is 18.0 Å². The van der Waals surface area contributed by atoms with Gasteiger partial charge in [0.25, 0.3) is 0 Å². The fourth-order valence-corrected chi connectivity index (χ4v) is 4.88. The molecular formula is C13H28O4Si. The Morgan fingerprint density at radius 2 is 1.83 bits per heavy atom. The number of hydrogen-bond acceptors (Lipinski definition) is 4. The molecule has 0 amide bonds. The number of rotatable bonds is 8. The quantitative estimate of drug-likeness (QED) is 0.503. The summed E-state index contributed by atoms with van der Waals surface area (Å²) in [6, 6.07) is 0.889. The lowest BCUT2D eigenvalue weighted by Crippen LogP contribution is -2.56. The summed E-state index contributed by atoms with van der Waals surface area (Å²) in [6.07, 6.45) is 7.82. The van der Waals surface area contributed by atoms with Crippen molar-refractivity contribution in [3.63, 3.8) is 0 Å². The van der Waals surface area contributed by atoms with Crippen LogP contribution in [0.25, 0.3) is 0 Å². The zero-order valence-electron chi connectivity index (χ0n) is 12.3. The van der Waals surface area contributed by atoms with Crippen LogP contribution in [0.1, 0.15) is 51.9 Å². The minimum absolute atomic E-state index is 0.482. The molecule has 108 valence electrons. The van der Waals surface area contributed by atoms with Crippen LogP contribution in [-0.4, -0.2) is 35.9 Å². The molecule has 0 aliphatic carbocycles. The van der Waals surface area contributed by atoms with E-state index in [1.54, 1.807) is 21.3 Å². The molecule has 0 N–H and O–H groups in total. The molecule has 1 aliphatic rings. The van der Waals surface area contributed by atoms with Crippen LogP contribution in [0.5, 0.6) is 0 Å². The van der Waals surface area contributed by atoms with Crippen LogP contribution in [0, 0.1) is 0 Å². The van der Waals surface area contributed by atoms with E-state index in [0.29, 0.717) is 0 Å². The van der Waals surface area contributed by atoms with Gasteiger partial charge in [0, 0.05) is 40.2 Å². The van der Waals surface area contributed by atoms with E-state index in [0.717, 1.165) is 31.7 Å². The van der Waals surface area contributed by atoms with E-state index in [1.165, 1.54) is 19.3 Å². The second kappa shape index (κ2) is 7.60. The molecule has 0 radical (unpaired) electrons. The molecule has 0 aromatic rings. The molecular weight excluding hydrogens is 248 g/mol. The molecule has 0 bridgehead atoms. The molecule has 1 rings (SSSR count). The van der Waals surface area contributed by atoms with Gasteiger partial charge < -0.3 is 18.0 Å². The van der Waals surface area contributed by atoms with Gasteiger partial charge in [0.05, 0.1) is 0 Å². The smallest absolute Gasteiger partial charge is 0.377 e.